The Hall–Kier alpha value is -4.71. The highest BCUT2D eigenvalue weighted by molar-refractivity contribution is 6.30. The van der Waals surface area contributed by atoms with Gasteiger partial charge in [0.15, 0.2) is 5.78 Å². The Morgan fingerprint density at radius 1 is 1.06 bits per heavy atom. The molecule has 51 heavy (non-hydrogen) atoms. The normalized spacial score (nSPS) is 23.0. The van der Waals surface area contributed by atoms with E-state index in [2.05, 4.69) is 26.7 Å². The fourth-order valence-electron chi connectivity index (χ4n) is 7.92. The number of piperidine rings is 1. The van der Waals surface area contributed by atoms with Gasteiger partial charge in [-0.25, -0.2) is 14.4 Å². The first-order chi connectivity index (χ1) is 24.5. The van der Waals surface area contributed by atoms with Gasteiger partial charge in [0.2, 0.25) is 17.7 Å². The highest BCUT2D eigenvalue weighted by Gasteiger charge is 2.67. The van der Waals surface area contributed by atoms with Crippen molar-refractivity contribution >= 4 is 46.0 Å². The molecule has 4 aromatic rings. The van der Waals surface area contributed by atoms with Crippen molar-refractivity contribution in [3.8, 4) is 11.1 Å². The molecule has 2 aromatic carbocycles. The summed E-state index contributed by atoms with van der Waals surface area (Å²) in [6, 6.07) is 6.77. The van der Waals surface area contributed by atoms with Crippen molar-refractivity contribution < 1.29 is 23.6 Å². The van der Waals surface area contributed by atoms with Crippen molar-refractivity contribution in [1.29, 1.82) is 0 Å². The Morgan fingerprint density at radius 2 is 1.80 bits per heavy atom. The number of aryl methyl sites for hydroxylation is 2. The predicted octanol–water partition coefficient (Wildman–Crippen LogP) is 5.66. The summed E-state index contributed by atoms with van der Waals surface area (Å²) in [7, 11) is 0. The molecule has 266 valence electrons. The van der Waals surface area contributed by atoms with Crippen molar-refractivity contribution in [3.63, 3.8) is 0 Å². The number of nitrogens with one attached hydrogen (secondary N) is 2. The third kappa shape index (κ3) is 6.73. The smallest absolute Gasteiger partial charge is 0.245 e. The number of halogens is 2. The molecule has 13 heteroatoms. The number of ketones is 1. The molecule has 1 saturated heterocycles. The Balaban J connectivity index is 1.26. The summed E-state index contributed by atoms with van der Waals surface area (Å²) < 4.78 is 16.5. The van der Waals surface area contributed by atoms with Crippen LogP contribution in [-0.2, 0) is 27.3 Å². The van der Waals surface area contributed by atoms with Crippen molar-refractivity contribution in [1.82, 2.24) is 35.3 Å². The molecule has 2 N–H and O–H groups in total. The van der Waals surface area contributed by atoms with E-state index in [1.54, 1.807) is 41.0 Å². The third-order valence-electron chi connectivity index (χ3n) is 10.7. The second-order valence-electron chi connectivity index (χ2n) is 14.3. The number of aromatic nitrogens is 4. The number of Topliss-reactive ketones (excluding diaryl/α,β-unsaturated/α-hetero) is 1. The maximum Gasteiger partial charge on any atom is 0.245 e. The molecule has 11 nitrogen and oxygen atoms in total. The van der Waals surface area contributed by atoms with Gasteiger partial charge in [0.1, 0.15) is 29.9 Å². The van der Waals surface area contributed by atoms with Crippen LogP contribution in [0.3, 0.4) is 0 Å². The first-order valence-corrected chi connectivity index (χ1v) is 18.0. The van der Waals surface area contributed by atoms with Crippen LogP contribution in [0, 0.1) is 18.2 Å². The fraction of sp³-hybridized carbons (Fsp3) is 0.447. The van der Waals surface area contributed by atoms with E-state index >= 15 is 0 Å². The zero-order valence-corrected chi connectivity index (χ0v) is 29.7. The van der Waals surface area contributed by atoms with Gasteiger partial charge in [0, 0.05) is 60.3 Å². The minimum atomic E-state index is -0.849. The monoisotopic (exact) mass is 713 g/mol. The molecule has 0 radical (unpaired) electrons. The summed E-state index contributed by atoms with van der Waals surface area (Å²) in [5.41, 5.74) is 3.35. The van der Waals surface area contributed by atoms with E-state index in [1.807, 2.05) is 13.0 Å². The lowest BCUT2D eigenvalue weighted by Gasteiger charge is -2.28. The first-order valence-electron chi connectivity index (χ1n) is 17.6. The minimum Gasteiger partial charge on any atom is -0.355 e. The van der Waals surface area contributed by atoms with Crippen LogP contribution in [-0.4, -0.2) is 66.8 Å². The lowest BCUT2D eigenvalue weighted by molar-refractivity contribution is -0.140. The summed E-state index contributed by atoms with van der Waals surface area (Å²) in [5.74, 6) is -0.965. The summed E-state index contributed by atoms with van der Waals surface area (Å²) in [6.45, 7) is 5.12. The van der Waals surface area contributed by atoms with Crippen LogP contribution >= 0.6 is 11.6 Å². The highest BCUT2D eigenvalue weighted by atomic mass is 35.5. The second kappa shape index (κ2) is 13.8. The van der Waals surface area contributed by atoms with E-state index in [0.717, 1.165) is 42.4 Å². The van der Waals surface area contributed by atoms with Gasteiger partial charge >= 0.3 is 0 Å². The van der Waals surface area contributed by atoms with Crippen molar-refractivity contribution in [3.05, 3.63) is 76.2 Å². The molecule has 2 aromatic heterocycles. The number of benzene rings is 2. The Labute approximate surface area is 300 Å². The Bertz CT molecular complexity index is 2050. The summed E-state index contributed by atoms with van der Waals surface area (Å²) in [4.78, 5) is 64.7. The quantitative estimate of drug-likeness (QED) is 0.255. The second-order valence-corrected chi connectivity index (χ2v) is 14.7. The van der Waals surface area contributed by atoms with Crippen molar-refractivity contribution in [2.45, 2.75) is 96.8 Å². The number of amides is 3. The van der Waals surface area contributed by atoms with E-state index in [0.29, 0.717) is 49.0 Å². The molecule has 1 saturated carbocycles. The zero-order valence-electron chi connectivity index (χ0n) is 29.0. The maximum absolute atomic E-state index is 14.9. The predicted molar refractivity (Wildman–Crippen MR) is 189 cm³/mol. The van der Waals surface area contributed by atoms with Crippen molar-refractivity contribution in [2.24, 2.45) is 5.41 Å². The van der Waals surface area contributed by atoms with Gasteiger partial charge < -0.3 is 15.5 Å². The van der Waals surface area contributed by atoms with E-state index in [4.69, 9.17) is 16.7 Å². The van der Waals surface area contributed by atoms with Gasteiger partial charge in [-0.05, 0) is 75.3 Å². The SMILES string of the molecule is CC(=O)c1nn2c3c(cc(-c4cnc(C)nc4)cc13)CCCCCCC(=O)NC[C@@]13CC(C(=O)N[C@H](C)c4cccc(Cl)c4F)N(C(=O)C2)[C@@H]1C3. The van der Waals surface area contributed by atoms with Crippen LogP contribution in [0.1, 0.15) is 92.3 Å². The van der Waals surface area contributed by atoms with E-state index < -0.39 is 29.2 Å². The highest BCUT2D eigenvalue weighted by Crippen LogP contribution is 2.59. The molecule has 0 spiro atoms. The largest absolute Gasteiger partial charge is 0.355 e. The first kappa shape index (κ1) is 34.7. The minimum absolute atomic E-state index is 0.0400. The van der Waals surface area contributed by atoms with Crippen LogP contribution in [0.15, 0.2) is 42.7 Å². The molecule has 7 rings (SSSR count). The number of hydrogen-bond acceptors (Lipinski definition) is 7. The number of rotatable bonds is 5. The van der Waals surface area contributed by atoms with Gasteiger partial charge in [0.25, 0.3) is 0 Å². The lowest BCUT2D eigenvalue weighted by atomic mass is 9.96. The number of carbonyl (C=O) groups is 4. The van der Waals surface area contributed by atoms with Crippen LogP contribution < -0.4 is 10.6 Å². The number of nitrogens with zero attached hydrogens (tertiary/aromatic N) is 5. The van der Waals surface area contributed by atoms with Gasteiger partial charge in [-0.3, -0.25) is 23.9 Å². The standard InChI is InChI=1S/C38H41ClFN7O4/c1-21(27-10-8-11-29(39)34(27)40)44-37(51)30-15-38-16-31(38)47(30)33(50)19-46-36-24(9-6-4-5-7-12-32(49)43-20-38)13-25(26-17-41-23(3)42-18-26)14-28(36)35(45-46)22(2)48/h8,10-11,13-14,17-18,21,30-31H,4-7,9,12,15-16,19-20H2,1-3H3,(H,43,49)(H,44,51)/t21-,30?,31-,38+/m1/s1. The Morgan fingerprint density at radius 3 is 2.55 bits per heavy atom. The summed E-state index contributed by atoms with van der Waals surface area (Å²) in [5, 5.41) is 11.3. The average Bonchev–Trinajstić information content (AvgIpc) is 3.51. The molecule has 1 aliphatic carbocycles. The van der Waals surface area contributed by atoms with Gasteiger partial charge in [-0.15, -0.1) is 0 Å². The molecule has 3 aliphatic rings. The fourth-order valence-corrected chi connectivity index (χ4v) is 8.10. The molecule has 2 fully saturated rings. The molecule has 4 atom stereocenters. The molecule has 3 amide bonds. The van der Waals surface area contributed by atoms with E-state index in [-0.39, 0.29) is 46.5 Å². The molecule has 2 aliphatic heterocycles. The van der Waals surface area contributed by atoms with E-state index in [1.165, 1.54) is 13.0 Å². The van der Waals surface area contributed by atoms with Crippen LogP contribution in [0.5, 0.6) is 0 Å². The molecular formula is C38H41ClFN7O4. The van der Waals surface area contributed by atoms with Gasteiger partial charge in [-0.2, -0.15) is 5.10 Å². The van der Waals surface area contributed by atoms with Gasteiger partial charge in [-0.1, -0.05) is 36.6 Å². The summed E-state index contributed by atoms with van der Waals surface area (Å²) >= 11 is 6.02. The van der Waals surface area contributed by atoms with E-state index in [9.17, 15) is 23.6 Å². The molecule has 2 bridgehead atoms. The van der Waals surface area contributed by atoms with Crippen LogP contribution in [0.2, 0.25) is 5.02 Å². The van der Waals surface area contributed by atoms with Crippen LogP contribution in [0.25, 0.3) is 22.0 Å². The van der Waals surface area contributed by atoms with Crippen molar-refractivity contribution in [2.75, 3.05) is 6.54 Å². The number of carbonyl (C=O) groups excluding carboxylic acids is 4. The number of hydrogen-bond donors (Lipinski definition) is 2. The third-order valence-corrected chi connectivity index (χ3v) is 11.0. The Kier molecular flexibility index (Phi) is 9.38. The molecule has 1 unspecified atom stereocenters. The summed E-state index contributed by atoms with van der Waals surface area (Å²) in [6.07, 6.45) is 8.95. The maximum atomic E-state index is 14.9. The zero-order chi connectivity index (χ0) is 36.0. The molecule has 4 heterocycles. The molecular weight excluding hydrogens is 673 g/mol. The average molecular weight is 714 g/mol. The van der Waals surface area contributed by atoms with Gasteiger partial charge in [0.05, 0.1) is 16.6 Å². The lowest BCUT2D eigenvalue weighted by Crippen LogP contribution is -2.49. The topological polar surface area (TPSA) is 139 Å². The van der Waals surface area contributed by atoms with Crippen LogP contribution in [0.4, 0.5) is 4.39 Å².